The van der Waals surface area contributed by atoms with Crippen LogP contribution in [0.5, 0.6) is 0 Å². The lowest BCUT2D eigenvalue weighted by molar-refractivity contribution is -0.895. The van der Waals surface area contributed by atoms with E-state index in [2.05, 4.69) is 5.32 Å². The minimum atomic E-state index is -3.65. The number of anilines is 1. The molecule has 27 heavy (non-hydrogen) atoms. The molecule has 1 heterocycles. The molecule has 0 spiro atoms. The van der Waals surface area contributed by atoms with Gasteiger partial charge in [-0.1, -0.05) is 17.7 Å². The quantitative estimate of drug-likeness (QED) is 0.770. The first-order chi connectivity index (χ1) is 12.8. The summed E-state index contributed by atoms with van der Waals surface area (Å²) in [6.07, 6.45) is 0. The van der Waals surface area contributed by atoms with Crippen LogP contribution in [0.15, 0.2) is 53.4 Å². The largest absolute Gasteiger partial charge is 0.325 e. The fourth-order valence-electron chi connectivity index (χ4n) is 2.97. The van der Waals surface area contributed by atoms with Crippen molar-refractivity contribution in [3.8, 4) is 0 Å². The van der Waals surface area contributed by atoms with Crippen molar-refractivity contribution < 1.29 is 22.5 Å². The van der Waals surface area contributed by atoms with Crippen molar-refractivity contribution in [1.29, 1.82) is 0 Å². The van der Waals surface area contributed by atoms with E-state index in [1.165, 1.54) is 16.4 Å². The molecule has 2 aromatic rings. The van der Waals surface area contributed by atoms with Crippen molar-refractivity contribution in [3.63, 3.8) is 0 Å². The molecule has 1 aliphatic heterocycles. The Morgan fingerprint density at radius 2 is 1.81 bits per heavy atom. The summed E-state index contributed by atoms with van der Waals surface area (Å²) in [5, 5.41) is 3.33. The van der Waals surface area contributed by atoms with Gasteiger partial charge in [0.25, 0.3) is 5.91 Å². The summed E-state index contributed by atoms with van der Waals surface area (Å²) in [6.45, 7) is 1.89. The molecule has 0 atom stereocenters. The van der Waals surface area contributed by atoms with Crippen LogP contribution >= 0.6 is 11.6 Å². The Morgan fingerprint density at radius 3 is 2.44 bits per heavy atom. The highest BCUT2D eigenvalue weighted by Crippen LogP contribution is 2.16. The van der Waals surface area contributed by atoms with E-state index in [1.54, 1.807) is 24.3 Å². The molecule has 0 unspecified atom stereocenters. The smallest absolute Gasteiger partial charge is 0.279 e. The Kier molecular flexibility index (Phi) is 6.11. The van der Waals surface area contributed by atoms with Gasteiger partial charge in [-0.3, -0.25) is 4.79 Å². The molecule has 0 radical (unpaired) electrons. The number of amides is 1. The highest BCUT2D eigenvalue weighted by atomic mass is 35.5. The Morgan fingerprint density at radius 1 is 1.15 bits per heavy atom. The van der Waals surface area contributed by atoms with Gasteiger partial charge in [-0.2, -0.15) is 4.31 Å². The van der Waals surface area contributed by atoms with E-state index < -0.39 is 15.8 Å². The molecule has 6 nitrogen and oxygen atoms in total. The van der Waals surface area contributed by atoms with Gasteiger partial charge in [0.05, 0.1) is 31.1 Å². The summed E-state index contributed by atoms with van der Waals surface area (Å²) in [4.78, 5) is 13.3. The Balaban J connectivity index is 1.54. The molecule has 144 valence electrons. The zero-order valence-corrected chi connectivity index (χ0v) is 16.1. The zero-order valence-electron chi connectivity index (χ0n) is 14.5. The summed E-state index contributed by atoms with van der Waals surface area (Å²) < 4.78 is 39.6. The molecular weight excluding hydrogens is 393 g/mol. The number of quaternary nitrogens is 1. The van der Waals surface area contributed by atoms with Crippen LogP contribution in [0.4, 0.5) is 10.1 Å². The van der Waals surface area contributed by atoms with Crippen molar-refractivity contribution in [2.75, 3.05) is 38.0 Å². The number of hydrogen-bond acceptors (Lipinski definition) is 3. The fourth-order valence-corrected chi connectivity index (χ4v) is 4.61. The molecule has 1 fully saturated rings. The number of halogens is 2. The summed E-state index contributed by atoms with van der Waals surface area (Å²) in [5.74, 6) is -0.629. The third-order valence-electron chi connectivity index (χ3n) is 4.40. The number of carbonyl (C=O) groups excluding carboxylic acids is 1. The summed E-state index contributed by atoms with van der Waals surface area (Å²) in [7, 11) is -3.65. The lowest BCUT2D eigenvalue weighted by atomic mass is 10.3. The topological polar surface area (TPSA) is 70.9 Å². The van der Waals surface area contributed by atoms with E-state index in [-0.39, 0.29) is 17.3 Å². The number of hydrogen-bond donors (Lipinski definition) is 2. The summed E-state index contributed by atoms with van der Waals surface area (Å²) in [6, 6.07) is 11.7. The highest BCUT2D eigenvalue weighted by Gasteiger charge is 2.31. The second-order valence-electron chi connectivity index (χ2n) is 6.34. The monoisotopic (exact) mass is 412 g/mol. The third-order valence-corrected chi connectivity index (χ3v) is 6.55. The lowest BCUT2D eigenvalue weighted by Gasteiger charge is -2.31. The SMILES string of the molecule is O=C(C[NH+]1CCN(S(=O)(=O)c2ccc(F)cc2)CC1)Nc1cccc(Cl)c1. The summed E-state index contributed by atoms with van der Waals surface area (Å²) >= 11 is 5.90. The minimum Gasteiger partial charge on any atom is -0.325 e. The number of piperazine rings is 1. The van der Waals surface area contributed by atoms with Gasteiger partial charge in [-0.05, 0) is 42.5 Å². The van der Waals surface area contributed by atoms with Crippen molar-refractivity contribution in [1.82, 2.24) is 4.31 Å². The van der Waals surface area contributed by atoms with Gasteiger partial charge in [0, 0.05) is 10.7 Å². The van der Waals surface area contributed by atoms with E-state index in [4.69, 9.17) is 11.6 Å². The van der Waals surface area contributed by atoms with Crippen LogP contribution in [0.1, 0.15) is 0 Å². The van der Waals surface area contributed by atoms with Crippen molar-refractivity contribution in [2.24, 2.45) is 0 Å². The first kappa shape index (κ1) is 19.8. The molecule has 0 bridgehead atoms. The molecule has 2 N–H and O–H groups in total. The standard InChI is InChI=1S/C18H19ClFN3O3S/c19-14-2-1-3-16(12-14)21-18(24)13-22-8-10-23(11-9-22)27(25,26)17-6-4-15(20)5-7-17/h1-7,12H,8-11,13H2,(H,21,24)/p+1. The van der Waals surface area contributed by atoms with E-state index in [9.17, 15) is 17.6 Å². The van der Waals surface area contributed by atoms with Crippen molar-refractivity contribution in [2.45, 2.75) is 4.90 Å². The maximum atomic E-state index is 13.0. The molecule has 9 heteroatoms. The summed E-state index contributed by atoms with van der Waals surface area (Å²) in [5.41, 5.74) is 0.629. The number of carbonyl (C=O) groups is 1. The maximum absolute atomic E-state index is 13.0. The Bertz CT molecular complexity index is 914. The fraction of sp³-hybridized carbons (Fsp3) is 0.278. The van der Waals surface area contributed by atoms with Gasteiger partial charge >= 0.3 is 0 Å². The average Bonchev–Trinajstić information content (AvgIpc) is 2.62. The predicted octanol–water partition coefficient (Wildman–Crippen LogP) is 1.01. The normalized spacial score (nSPS) is 16.2. The number of rotatable bonds is 5. The van der Waals surface area contributed by atoms with E-state index >= 15 is 0 Å². The van der Waals surface area contributed by atoms with Crippen LogP contribution in [-0.2, 0) is 14.8 Å². The molecule has 1 saturated heterocycles. The minimum absolute atomic E-state index is 0.0750. The zero-order chi connectivity index (χ0) is 19.4. The van der Waals surface area contributed by atoms with Gasteiger partial charge in [0.2, 0.25) is 10.0 Å². The molecule has 2 aromatic carbocycles. The van der Waals surface area contributed by atoms with Crippen LogP contribution < -0.4 is 10.2 Å². The maximum Gasteiger partial charge on any atom is 0.279 e. The van der Waals surface area contributed by atoms with Gasteiger partial charge < -0.3 is 10.2 Å². The first-order valence-electron chi connectivity index (χ1n) is 8.49. The van der Waals surface area contributed by atoms with E-state index in [0.717, 1.165) is 17.0 Å². The molecule has 0 aliphatic carbocycles. The second kappa shape index (κ2) is 8.35. The van der Waals surface area contributed by atoms with Crippen molar-refractivity contribution in [3.05, 3.63) is 59.4 Å². The first-order valence-corrected chi connectivity index (χ1v) is 10.3. The number of nitrogens with zero attached hydrogens (tertiary/aromatic N) is 1. The van der Waals surface area contributed by atoms with Crippen LogP contribution in [-0.4, -0.2) is 51.4 Å². The van der Waals surface area contributed by atoms with Gasteiger partial charge in [-0.25, -0.2) is 12.8 Å². The molecular formula is C18H20ClFN3O3S+. The molecule has 0 saturated carbocycles. The second-order valence-corrected chi connectivity index (χ2v) is 8.72. The van der Waals surface area contributed by atoms with Crippen LogP contribution in [0.3, 0.4) is 0 Å². The van der Waals surface area contributed by atoms with E-state index in [0.29, 0.717) is 36.9 Å². The van der Waals surface area contributed by atoms with Crippen LogP contribution in [0.25, 0.3) is 0 Å². The van der Waals surface area contributed by atoms with Crippen LogP contribution in [0.2, 0.25) is 5.02 Å². The average molecular weight is 413 g/mol. The third kappa shape index (κ3) is 5.04. The van der Waals surface area contributed by atoms with Crippen LogP contribution in [0, 0.1) is 5.82 Å². The van der Waals surface area contributed by atoms with Gasteiger partial charge in [0.1, 0.15) is 5.82 Å². The molecule has 0 aromatic heterocycles. The van der Waals surface area contributed by atoms with Crippen molar-refractivity contribution >= 4 is 33.2 Å². The predicted molar refractivity (Wildman–Crippen MR) is 101 cm³/mol. The molecule has 1 amide bonds. The Hall–Kier alpha value is -2.00. The van der Waals surface area contributed by atoms with Gasteiger partial charge in [-0.15, -0.1) is 0 Å². The molecule has 1 aliphatic rings. The Labute approximate surface area is 162 Å². The number of benzene rings is 2. The van der Waals surface area contributed by atoms with E-state index in [1.807, 2.05) is 0 Å². The molecule has 3 rings (SSSR count). The lowest BCUT2D eigenvalue weighted by Crippen LogP contribution is -3.15. The van der Waals surface area contributed by atoms with Gasteiger partial charge in [0.15, 0.2) is 6.54 Å². The number of sulfonamides is 1. The highest BCUT2D eigenvalue weighted by molar-refractivity contribution is 7.89. The number of nitrogens with one attached hydrogen (secondary N) is 2.